The van der Waals surface area contributed by atoms with Crippen molar-refractivity contribution in [3.63, 3.8) is 0 Å². The number of benzene rings is 2. The largest absolute Gasteiger partial charge is 0.484 e. The van der Waals surface area contributed by atoms with E-state index in [4.69, 9.17) is 4.74 Å². The summed E-state index contributed by atoms with van der Waals surface area (Å²) >= 11 is 0. The van der Waals surface area contributed by atoms with Crippen LogP contribution < -0.4 is 15.0 Å². The van der Waals surface area contributed by atoms with Gasteiger partial charge in [0.1, 0.15) is 5.75 Å². The van der Waals surface area contributed by atoms with Gasteiger partial charge in [-0.05, 0) is 61.7 Å². The number of hydrogen-bond acceptors (Lipinski definition) is 3. The molecule has 130 valence electrons. The zero-order chi connectivity index (χ0) is 17.8. The van der Waals surface area contributed by atoms with Gasteiger partial charge in [0, 0.05) is 24.3 Å². The van der Waals surface area contributed by atoms with Crippen LogP contribution in [0.25, 0.3) is 0 Å². The first-order chi connectivity index (χ1) is 12.0. The summed E-state index contributed by atoms with van der Waals surface area (Å²) in [6.45, 7) is 4.64. The number of anilines is 2. The van der Waals surface area contributed by atoms with Gasteiger partial charge in [-0.3, -0.25) is 9.59 Å². The minimum atomic E-state index is -0.201. The summed E-state index contributed by atoms with van der Waals surface area (Å²) in [4.78, 5) is 25.6. The molecule has 1 N–H and O–H groups in total. The van der Waals surface area contributed by atoms with E-state index in [0.29, 0.717) is 12.2 Å². The van der Waals surface area contributed by atoms with Crippen molar-refractivity contribution in [3.8, 4) is 5.75 Å². The van der Waals surface area contributed by atoms with Crippen LogP contribution in [0.3, 0.4) is 0 Å². The molecule has 0 bridgehead atoms. The van der Waals surface area contributed by atoms with Crippen LogP contribution in [0.1, 0.15) is 24.0 Å². The van der Waals surface area contributed by atoms with Gasteiger partial charge >= 0.3 is 0 Å². The molecule has 1 heterocycles. The number of amides is 2. The second kappa shape index (κ2) is 7.38. The third-order valence-corrected chi connectivity index (χ3v) is 4.26. The molecule has 0 aromatic heterocycles. The Balaban J connectivity index is 1.55. The molecule has 0 aliphatic carbocycles. The third-order valence-electron chi connectivity index (χ3n) is 4.26. The first-order valence-corrected chi connectivity index (χ1v) is 8.43. The number of nitrogens with zero attached hydrogens (tertiary/aromatic N) is 1. The Morgan fingerprint density at radius 2 is 1.92 bits per heavy atom. The maximum absolute atomic E-state index is 12.1. The molecule has 2 amide bonds. The lowest BCUT2D eigenvalue weighted by molar-refractivity contribution is -0.118. The number of carbonyl (C=O) groups is 2. The van der Waals surface area contributed by atoms with Gasteiger partial charge in [0.15, 0.2) is 6.61 Å². The summed E-state index contributed by atoms with van der Waals surface area (Å²) < 4.78 is 5.54. The normalized spacial score (nSPS) is 13.8. The summed E-state index contributed by atoms with van der Waals surface area (Å²) in [5, 5.41) is 2.87. The summed E-state index contributed by atoms with van der Waals surface area (Å²) in [5.41, 5.74) is 3.78. The predicted octanol–water partition coefficient (Wildman–Crippen LogP) is 3.45. The number of ether oxygens (including phenoxy) is 1. The standard InChI is InChI=1S/C20H22N2O3/c1-14-5-6-15(2)18(12-14)21-19(23)13-25-17-9-7-16(8-10-17)22-11-3-4-20(22)24/h5-10,12H,3-4,11,13H2,1-2H3,(H,21,23). The smallest absolute Gasteiger partial charge is 0.262 e. The van der Waals surface area contributed by atoms with E-state index in [0.717, 1.165) is 35.5 Å². The highest BCUT2D eigenvalue weighted by Crippen LogP contribution is 2.24. The second-order valence-electron chi connectivity index (χ2n) is 6.30. The Hall–Kier alpha value is -2.82. The SMILES string of the molecule is Cc1ccc(C)c(NC(=O)COc2ccc(N3CCCC3=O)cc2)c1. The van der Waals surface area contributed by atoms with E-state index in [1.54, 1.807) is 17.0 Å². The van der Waals surface area contributed by atoms with E-state index in [2.05, 4.69) is 5.32 Å². The lowest BCUT2D eigenvalue weighted by atomic mass is 10.1. The van der Waals surface area contributed by atoms with Crippen LogP contribution in [0, 0.1) is 13.8 Å². The average Bonchev–Trinajstić information content (AvgIpc) is 3.03. The van der Waals surface area contributed by atoms with Crippen LogP contribution in [-0.4, -0.2) is 25.0 Å². The topological polar surface area (TPSA) is 58.6 Å². The van der Waals surface area contributed by atoms with Gasteiger partial charge in [-0.15, -0.1) is 0 Å². The van der Waals surface area contributed by atoms with Crippen molar-refractivity contribution in [1.82, 2.24) is 0 Å². The van der Waals surface area contributed by atoms with Gasteiger partial charge in [0.05, 0.1) is 0 Å². The van der Waals surface area contributed by atoms with Crippen LogP contribution >= 0.6 is 0 Å². The van der Waals surface area contributed by atoms with Gasteiger partial charge < -0.3 is 15.0 Å². The van der Waals surface area contributed by atoms with Crippen LogP contribution in [0.2, 0.25) is 0 Å². The summed E-state index contributed by atoms with van der Waals surface area (Å²) in [6.07, 6.45) is 1.51. The molecule has 0 radical (unpaired) electrons. The highest BCUT2D eigenvalue weighted by atomic mass is 16.5. The highest BCUT2D eigenvalue weighted by Gasteiger charge is 2.21. The number of rotatable bonds is 5. The van der Waals surface area contributed by atoms with Crippen LogP contribution in [-0.2, 0) is 9.59 Å². The Morgan fingerprint density at radius 3 is 2.60 bits per heavy atom. The molecule has 0 unspecified atom stereocenters. The predicted molar refractivity (Wildman–Crippen MR) is 98.1 cm³/mol. The Kier molecular flexibility index (Phi) is 5.03. The van der Waals surface area contributed by atoms with Crippen molar-refractivity contribution < 1.29 is 14.3 Å². The number of nitrogens with one attached hydrogen (secondary N) is 1. The summed E-state index contributed by atoms with van der Waals surface area (Å²) in [7, 11) is 0. The van der Waals surface area contributed by atoms with Crippen LogP contribution in [0.15, 0.2) is 42.5 Å². The van der Waals surface area contributed by atoms with E-state index in [-0.39, 0.29) is 18.4 Å². The van der Waals surface area contributed by atoms with Crippen molar-refractivity contribution in [1.29, 1.82) is 0 Å². The first kappa shape index (κ1) is 17.0. The number of aryl methyl sites for hydroxylation is 2. The average molecular weight is 338 g/mol. The van der Waals surface area contributed by atoms with Gasteiger partial charge in [-0.2, -0.15) is 0 Å². The van der Waals surface area contributed by atoms with Gasteiger partial charge in [0.2, 0.25) is 5.91 Å². The molecule has 1 aliphatic heterocycles. The molecule has 1 aliphatic rings. The molecule has 0 atom stereocenters. The third kappa shape index (κ3) is 4.18. The molecule has 1 saturated heterocycles. The first-order valence-electron chi connectivity index (χ1n) is 8.43. The molecule has 25 heavy (non-hydrogen) atoms. The molecular formula is C20H22N2O3. The Bertz CT molecular complexity index is 784. The quantitative estimate of drug-likeness (QED) is 0.908. The van der Waals surface area contributed by atoms with E-state index in [9.17, 15) is 9.59 Å². The molecule has 5 heteroatoms. The zero-order valence-electron chi connectivity index (χ0n) is 14.5. The second-order valence-corrected chi connectivity index (χ2v) is 6.30. The van der Waals surface area contributed by atoms with Gasteiger partial charge in [0.25, 0.3) is 5.91 Å². The fourth-order valence-electron chi connectivity index (χ4n) is 2.85. The van der Waals surface area contributed by atoms with Gasteiger partial charge in [-0.1, -0.05) is 12.1 Å². The molecule has 2 aromatic carbocycles. The molecule has 3 rings (SSSR count). The van der Waals surface area contributed by atoms with E-state index >= 15 is 0 Å². The van der Waals surface area contributed by atoms with Crippen molar-refractivity contribution in [2.75, 3.05) is 23.4 Å². The monoisotopic (exact) mass is 338 g/mol. The summed E-state index contributed by atoms with van der Waals surface area (Å²) in [6, 6.07) is 13.2. The Morgan fingerprint density at radius 1 is 1.16 bits per heavy atom. The maximum Gasteiger partial charge on any atom is 0.262 e. The molecule has 0 spiro atoms. The minimum Gasteiger partial charge on any atom is -0.484 e. The molecular weight excluding hydrogens is 316 g/mol. The lowest BCUT2D eigenvalue weighted by Gasteiger charge is -2.16. The molecule has 1 fully saturated rings. The summed E-state index contributed by atoms with van der Waals surface area (Å²) in [5.74, 6) is 0.556. The highest BCUT2D eigenvalue weighted by molar-refractivity contribution is 5.95. The number of hydrogen-bond donors (Lipinski definition) is 1. The van der Waals surface area contributed by atoms with Crippen molar-refractivity contribution >= 4 is 23.2 Å². The van der Waals surface area contributed by atoms with Crippen LogP contribution in [0.4, 0.5) is 11.4 Å². The molecule has 0 saturated carbocycles. The van der Waals surface area contributed by atoms with E-state index < -0.39 is 0 Å². The molecule has 5 nitrogen and oxygen atoms in total. The van der Waals surface area contributed by atoms with E-state index in [1.807, 2.05) is 44.2 Å². The van der Waals surface area contributed by atoms with Crippen molar-refractivity contribution in [2.45, 2.75) is 26.7 Å². The fraction of sp³-hybridized carbons (Fsp3) is 0.300. The number of carbonyl (C=O) groups excluding carboxylic acids is 2. The van der Waals surface area contributed by atoms with Crippen LogP contribution in [0.5, 0.6) is 5.75 Å². The maximum atomic E-state index is 12.1. The van der Waals surface area contributed by atoms with E-state index in [1.165, 1.54) is 0 Å². The zero-order valence-corrected chi connectivity index (χ0v) is 14.5. The molecule has 2 aromatic rings. The minimum absolute atomic E-state index is 0.0601. The lowest BCUT2D eigenvalue weighted by Crippen LogP contribution is -2.23. The van der Waals surface area contributed by atoms with Gasteiger partial charge in [-0.25, -0.2) is 0 Å². The fourth-order valence-corrected chi connectivity index (χ4v) is 2.85. The Labute approximate surface area is 147 Å². The van der Waals surface area contributed by atoms with Crippen molar-refractivity contribution in [2.24, 2.45) is 0 Å². The van der Waals surface area contributed by atoms with Crippen molar-refractivity contribution in [3.05, 3.63) is 53.6 Å².